The molecule has 3 amide bonds. The minimum Gasteiger partial charge on any atom is -0.499 e. The first-order chi connectivity index (χ1) is 65.5. The highest BCUT2D eigenvalue weighted by Gasteiger charge is 2.32. The molecule has 5 fully saturated rings. The molecule has 7 aliphatic heterocycles. The van der Waals surface area contributed by atoms with E-state index in [0.717, 1.165) is 187 Å². The van der Waals surface area contributed by atoms with E-state index in [1.165, 1.54) is 39.6 Å². The summed E-state index contributed by atoms with van der Waals surface area (Å²) in [4.78, 5) is 128. The van der Waals surface area contributed by atoms with E-state index < -0.39 is 17.9 Å². The van der Waals surface area contributed by atoms with E-state index in [2.05, 4.69) is 40.4 Å². The van der Waals surface area contributed by atoms with Crippen LogP contribution in [-0.2, 0) is 66.5 Å². The molecule has 36 heteroatoms. The fraction of sp³-hybridized carbons (Fsp3) is 0.430. The SMILES string of the molecule is COC(=O)c1ccc(C)c(C2=COCCCN2C=O)c1.COC(=O)c1ccc(C)c(C2COCCCN2)c1.COC(=O)c1ccc(C)c(C2COCCCN2C=O)c1.COC(=O)c1ccc(C)c(C2COCCCN2c2cc(C)nc(N)n2)c1.Cc1cc(N2CCCOCC2c2cc(C(=O)O)ccc2C)nc(N)n1.Cc1ccc(C(=O)O)cc1C1COCCCN1.O=CN1CCCOC=C1Cl. The van der Waals surface area contributed by atoms with Crippen molar-refractivity contribution in [1.29, 1.82) is 0 Å². The van der Waals surface area contributed by atoms with Crippen LogP contribution in [0.4, 0.5) is 23.5 Å². The van der Waals surface area contributed by atoms with Crippen LogP contribution in [0, 0.1) is 55.4 Å². The number of amides is 3. The molecule has 8 aromatic rings. The van der Waals surface area contributed by atoms with Gasteiger partial charge < -0.3 is 109 Å². The summed E-state index contributed by atoms with van der Waals surface area (Å²) >= 11 is 5.62. The Bertz CT molecular complexity index is 5390. The van der Waals surface area contributed by atoms with Crippen molar-refractivity contribution in [2.24, 2.45) is 0 Å². The fourth-order valence-corrected chi connectivity index (χ4v) is 16.1. The third-order valence-corrected chi connectivity index (χ3v) is 23.5. The van der Waals surface area contributed by atoms with Gasteiger partial charge in [0.05, 0.1) is 144 Å². The number of nitrogens with two attached hydrogens (primary N) is 2. The van der Waals surface area contributed by atoms with Crippen molar-refractivity contribution < 1.29 is 105 Å². The smallest absolute Gasteiger partial charge is 0.337 e. The third kappa shape index (κ3) is 31.0. The molecule has 9 heterocycles. The lowest BCUT2D eigenvalue weighted by Crippen LogP contribution is -2.32. The molecule has 6 aromatic carbocycles. The van der Waals surface area contributed by atoms with Crippen LogP contribution >= 0.6 is 11.6 Å². The third-order valence-electron chi connectivity index (χ3n) is 23.2. The van der Waals surface area contributed by atoms with Gasteiger partial charge in [-0.2, -0.15) is 9.97 Å². The molecule has 0 radical (unpaired) electrons. The summed E-state index contributed by atoms with van der Waals surface area (Å²) in [7, 11) is 5.48. The predicted molar refractivity (Wildman–Crippen MR) is 512 cm³/mol. The second-order valence-electron chi connectivity index (χ2n) is 32.8. The van der Waals surface area contributed by atoms with Crippen molar-refractivity contribution in [3.8, 4) is 0 Å². The number of carbonyl (C=O) groups is 9. The molecule has 0 saturated carbocycles. The molecule has 5 saturated heterocycles. The first-order valence-corrected chi connectivity index (χ1v) is 45.4. The number of hydrogen-bond acceptors (Lipinski definition) is 30. The number of esters is 4. The first-order valence-electron chi connectivity index (χ1n) is 45.0. The maximum atomic E-state index is 12.0. The maximum Gasteiger partial charge on any atom is 0.337 e. The zero-order chi connectivity index (χ0) is 98.3. The van der Waals surface area contributed by atoms with E-state index >= 15 is 0 Å². The fourth-order valence-electron chi connectivity index (χ4n) is 15.9. The van der Waals surface area contributed by atoms with Crippen molar-refractivity contribution in [2.45, 2.75) is 131 Å². The Morgan fingerprint density at radius 1 is 0.390 bits per heavy atom. The van der Waals surface area contributed by atoms with Gasteiger partial charge in [-0.05, 0) is 247 Å². The highest BCUT2D eigenvalue weighted by atomic mass is 35.5. The number of aromatic nitrogens is 4. The van der Waals surface area contributed by atoms with Crippen LogP contribution in [0.15, 0.2) is 139 Å². The highest BCUT2D eigenvalue weighted by molar-refractivity contribution is 6.29. The first kappa shape index (κ1) is 107. The predicted octanol–water partition coefficient (Wildman–Crippen LogP) is 12.9. The van der Waals surface area contributed by atoms with Crippen molar-refractivity contribution in [3.05, 3.63) is 251 Å². The topological polar surface area (TPSA) is 439 Å². The number of benzene rings is 6. The van der Waals surface area contributed by atoms with Crippen LogP contribution < -0.4 is 31.9 Å². The number of nitrogens with one attached hydrogen (secondary N) is 2. The van der Waals surface area contributed by atoms with Crippen LogP contribution in [0.1, 0.15) is 215 Å². The van der Waals surface area contributed by atoms with Crippen LogP contribution in [0.25, 0.3) is 5.70 Å². The van der Waals surface area contributed by atoms with Crippen molar-refractivity contribution in [2.75, 3.05) is 175 Å². The highest BCUT2D eigenvalue weighted by Crippen LogP contribution is 2.36. The Labute approximate surface area is 798 Å². The van der Waals surface area contributed by atoms with Crippen molar-refractivity contribution in [3.63, 3.8) is 0 Å². The lowest BCUT2D eigenvalue weighted by atomic mass is 9.97. The van der Waals surface area contributed by atoms with Gasteiger partial charge in [-0.1, -0.05) is 48.0 Å². The second-order valence-corrected chi connectivity index (χ2v) is 33.2. The quantitative estimate of drug-likeness (QED) is 0.0213. The number of carbonyl (C=O) groups excluding carboxylic acids is 7. The lowest BCUT2D eigenvalue weighted by molar-refractivity contribution is -0.120. The number of rotatable bonds is 17. The van der Waals surface area contributed by atoms with E-state index in [9.17, 15) is 48.3 Å². The summed E-state index contributed by atoms with van der Waals surface area (Å²) in [5.41, 5.74) is 28.7. The Kier molecular flexibility index (Phi) is 42.8. The van der Waals surface area contributed by atoms with Gasteiger partial charge in [0.15, 0.2) is 0 Å². The zero-order valence-corrected chi connectivity index (χ0v) is 80.1. The summed E-state index contributed by atoms with van der Waals surface area (Å²) < 4.78 is 57.6. The summed E-state index contributed by atoms with van der Waals surface area (Å²) in [6.07, 6.45) is 11.5. The number of carboxylic acid groups (broad SMARTS) is 2. The molecule has 0 spiro atoms. The van der Waals surface area contributed by atoms with Crippen LogP contribution in [0.3, 0.4) is 0 Å². The number of anilines is 4. The van der Waals surface area contributed by atoms with Gasteiger partial charge in [0, 0.05) is 94.8 Å². The summed E-state index contributed by atoms with van der Waals surface area (Å²) in [6, 6.07) is 36.0. The number of carboxylic acids is 2. The molecular weight excluding hydrogens is 1770 g/mol. The molecule has 15 rings (SSSR count). The number of halogens is 1. The van der Waals surface area contributed by atoms with Gasteiger partial charge in [0.1, 0.15) is 29.3 Å². The van der Waals surface area contributed by atoms with E-state index in [0.29, 0.717) is 131 Å². The normalized spacial score (nSPS) is 18.4. The minimum atomic E-state index is -0.940. The summed E-state index contributed by atoms with van der Waals surface area (Å²) in [6.45, 7) is 28.4. The van der Waals surface area contributed by atoms with Gasteiger partial charge in [-0.25, -0.2) is 38.7 Å². The number of nitrogen functional groups attached to an aromatic ring is 2. The number of nitrogens with zero attached hydrogens (tertiary/aromatic N) is 9. The summed E-state index contributed by atoms with van der Waals surface area (Å²) in [5, 5.41) is 25.5. The van der Waals surface area contributed by atoms with Gasteiger partial charge in [-0.15, -0.1) is 0 Å². The average molecular weight is 1900 g/mol. The summed E-state index contributed by atoms with van der Waals surface area (Å²) in [5.74, 6) is -1.27. The van der Waals surface area contributed by atoms with E-state index in [1.54, 1.807) is 76.7 Å². The van der Waals surface area contributed by atoms with Gasteiger partial charge >= 0.3 is 35.8 Å². The van der Waals surface area contributed by atoms with Crippen molar-refractivity contribution >= 4 is 95.9 Å². The van der Waals surface area contributed by atoms with Crippen LogP contribution in [0.2, 0.25) is 0 Å². The zero-order valence-electron chi connectivity index (χ0n) is 79.3. The number of methoxy groups -OCH3 is 4. The molecular formula is C100H126ClN13O22. The van der Waals surface area contributed by atoms with E-state index in [-0.39, 0.29) is 65.6 Å². The molecule has 35 nitrogen and oxygen atoms in total. The Morgan fingerprint density at radius 2 is 0.728 bits per heavy atom. The molecule has 5 unspecified atom stereocenters. The molecule has 7 aliphatic rings. The van der Waals surface area contributed by atoms with Gasteiger partial charge in [0.25, 0.3) is 0 Å². The Hall–Kier alpha value is -13.0. The largest absolute Gasteiger partial charge is 0.499 e. The Balaban J connectivity index is 0.000000180. The number of aryl methyl sites for hydroxylation is 8. The molecule has 8 N–H and O–H groups in total. The Morgan fingerprint density at radius 3 is 1.14 bits per heavy atom. The molecule has 0 aliphatic carbocycles. The molecule has 5 atom stereocenters. The molecule has 2 aromatic heterocycles. The van der Waals surface area contributed by atoms with Crippen molar-refractivity contribution in [1.82, 2.24) is 45.3 Å². The van der Waals surface area contributed by atoms with Crippen LogP contribution in [0.5, 0.6) is 0 Å². The maximum absolute atomic E-state index is 12.0. The van der Waals surface area contributed by atoms with Gasteiger partial charge in [-0.3, -0.25) is 14.4 Å². The lowest BCUT2D eigenvalue weighted by Gasteiger charge is -2.32. The number of ether oxygens (including phenoxy) is 11. The standard InChI is InChI=1S/C19H24N4O3.C18H22N4O3.C15H19NO4.C15H17NO4.C14H19NO3.C13H17NO3.C6H8ClNO2/c1-12-5-6-14(18(24)25-3)10-15(12)16-11-26-8-4-7-23(16)17-9-13(2)21-19(20)22-17;1-11-4-5-13(17(23)24)9-14(11)15-10-25-7-3-6-22(15)16-8-12(2)20-18(19)21-16;2*1-11-4-5-12(15(18)19-2)8-13(11)14-9-20-7-3-6-16(14)10-17;1-10-4-5-11(14(16)17-2)8-12(10)13-9-18-7-3-6-15-13;1-9-3-4-10(13(15)16)7-11(9)12-8-17-6-2-5-14-12;7-6-4-10-3-1-2-8(6)5-9/h5-6,9-10,16H,4,7-8,11H2,1-3H3,(H2,20,21,22);4-5,8-9,15H,3,6-7,10H2,1-2H3,(H,23,24)(H2,19,20,21);4-5,8,10,14H,3,6-7,9H2,1-2H3;4-5,8-10H,3,6-7H2,1-2H3;4-5,8,13,15H,3,6-7,9H2,1-2H3;3-4,7,12,14H,2,5-6,8H2,1H3,(H,15,16);4-5H,1-3H2. The van der Waals surface area contributed by atoms with E-state index in [4.69, 9.17) is 80.3 Å². The monoisotopic (exact) mass is 1900 g/mol. The molecule has 0 bridgehead atoms. The molecule has 730 valence electrons. The van der Waals surface area contributed by atoms with Crippen LogP contribution in [-0.4, -0.2) is 253 Å². The molecule has 136 heavy (non-hydrogen) atoms. The van der Waals surface area contributed by atoms with Gasteiger partial charge in [0.2, 0.25) is 31.1 Å². The average Bonchev–Trinajstić information content (AvgIpc) is 1.34. The minimum absolute atomic E-state index is 0.0733. The number of hydrogen-bond donors (Lipinski definition) is 6. The second kappa shape index (κ2) is 54.5. The van der Waals surface area contributed by atoms with E-state index in [1.807, 2.05) is 116 Å². The number of aromatic carboxylic acids is 2.